The molecule has 0 unspecified atom stereocenters. The summed E-state index contributed by atoms with van der Waals surface area (Å²) >= 11 is 0. The molecule has 3 rings (SSSR count). The van der Waals surface area contributed by atoms with Gasteiger partial charge in [0.25, 0.3) is 0 Å². The van der Waals surface area contributed by atoms with Crippen LogP contribution in [0.25, 0.3) is 0 Å². The second kappa shape index (κ2) is 6.54. The van der Waals surface area contributed by atoms with Crippen LogP contribution < -0.4 is 0 Å². The highest BCUT2D eigenvalue weighted by molar-refractivity contribution is 5.87. The molecule has 2 heterocycles. The minimum atomic E-state index is -0.866. The monoisotopic (exact) mass is 314 g/mol. The Bertz CT molecular complexity index is 689. The number of benzene rings is 1. The molecule has 5 heteroatoms. The van der Waals surface area contributed by atoms with E-state index in [-0.39, 0.29) is 0 Å². The summed E-state index contributed by atoms with van der Waals surface area (Å²) in [6.45, 7) is 6.76. The predicted molar refractivity (Wildman–Crippen MR) is 86.6 cm³/mol. The lowest BCUT2D eigenvalue weighted by atomic mass is 9.89. The van der Waals surface area contributed by atoms with E-state index < -0.39 is 5.97 Å². The van der Waals surface area contributed by atoms with Gasteiger partial charge < -0.3 is 9.63 Å². The molecule has 2 aromatic rings. The quantitative estimate of drug-likeness (QED) is 0.937. The van der Waals surface area contributed by atoms with E-state index in [2.05, 4.69) is 10.1 Å². The molecule has 0 aliphatic carbocycles. The molecule has 5 nitrogen and oxygen atoms in total. The van der Waals surface area contributed by atoms with Crippen molar-refractivity contribution in [2.45, 2.75) is 39.2 Å². The zero-order valence-corrected chi connectivity index (χ0v) is 13.6. The molecule has 1 saturated heterocycles. The van der Waals surface area contributed by atoms with Crippen molar-refractivity contribution in [3.8, 4) is 0 Å². The van der Waals surface area contributed by atoms with Crippen molar-refractivity contribution in [2.24, 2.45) is 0 Å². The number of aromatic nitrogens is 1. The number of likely N-dealkylation sites (tertiary alicyclic amines) is 1. The number of carboxylic acid groups (broad SMARTS) is 1. The summed E-state index contributed by atoms with van der Waals surface area (Å²) in [5.41, 5.74) is 3.61. The van der Waals surface area contributed by atoms with Crippen molar-refractivity contribution in [1.82, 2.24) is 10.1 Å². The van der Waals surface area contributed by atoms with Crippen LogP contribution in [0.3, 0.4) is 0 Å². The summed E-state index contributed by atoms with van der Waals surface area (Å²) in [5, 5.41) is 13.2. The van der Waals surface area contributed by atoms with E-state index >= 15 is 0 Å². The van der Waals surface area contributed by atoms with Gasteiger partial charge in [-0.05, 0) is 56.8 Å². The third-order valence-electron chi connectivity index (χ3n) is 4.67. The zero-order chi connectivity index (χ0) is 16.4. The second-order valence-corrected chi connectivity index (χ2v) is 6.31. The summed E-state index contributed by atoms with van der Waals surface area (Å²) < 4.78 is 5.25. The third kappa shape index (κ3) is 3.45. The van der Waals surface area contributed by atoms with Crippen molar-refractivity contribution in [1.29, 1.82) is 0 Å². The first-order valence-corrected chi connectivity index (χ1v) is 8.02. The van der Waals surface area contributed by atoms with Crippen molar-refractivity contribution in [3.05, 3.63) is 52.4 Å². The van der Waals surface area contributed by atoms with Gasteiger partial charge in [0.15, 0.2) is 0 Å². The number of piperidine rings is 1. The van der Waals surface area contributed by atoms with Crippen LogP contribution >= 0.6 is 0 Å². The number of hydrogen-bond donors (Lipinski definition) is 1. The fourth-order valence-corrected chi connectivity index (χ4v) is 3.35. The van der Waals surface area contributed by atoms with E-state index in [1.165, 1.54) is 5.56 Å². The normalized spacial score (nSPS) is 19.0. The zero-order valence-electron chi connectivity index (χ0n) is 13.6. The SMILES string of the molecule is Cc1noc(C)c1CN1CCC[C@H](c2cccc(C(=O)O)c2)C1. The number of carbonyl (C=O) groups is 1. The minimum Gasteiger partial charge on any atom is -0.478 e. The summed E-state index contributed by atoms with van der Waals surface area (Å²) in [4.78, 5) is 13.6. The summed E-state index contributed by atoms with van der Waals surface area (Å²) in [6.07, 6.45) is 2.21. The van der Waals surface area contributed by atoms with Gasteiger partial charge in [0, 0.05) is 18.7 Å². The van der Waals surface area contributed by atoms with Gasteiger partial charge in [0.1, 0.15) is 5.76 Å². The van der Waals surface area contributed by atoms with E-state index in [0.717, 1.165) is 49.5 Å². The molecule has 1 N–H and O–H groups in total. The third-order valence-corrected chi connectivity index (χ3v) is 4.67. The van der Waals surface area contributed by atoms with Crippen LogP contribution in [0.15, 0.2) is 28.8 Å². The number of aromatic carboxylic acids is 1. The van der Waals surface area contributed by atoms with E-state index in [4.69, 9.17) is 9.63 Å². The Morgan fingerprint density at radius 1 is 1.43 bits per heavy atom. The van der Waals surface area contributed by atoms with Gasteiger partial charge in [0.05, 0.1) is 11.3 Å². The van der Waals surface area contributed by atoms with E-state index in [1.807, 2.05) is 32.0 Å². The van der Waals surface area contributed by atoms with E-state index in [0.29, 0.717) is 11.5 Å². The Hall–Kier alpha value is -2.14. The minimum absolute atomic E-state index is 0.366. The molecule has 0 spiro atoms. The number of nitrogens with zero attached hydrogens (tertiary/aromatic N) is 2. The lowest BCUT2D eigenvalue weighted by Gasteiger charge is -2.33. The Kier molecular flexibility index (Phi) is 4.48. The van der Waals surface area contributed by atoms with Crippen LogP contribution in [0.1, 0.15) is 51.7 Å². The molecule has 122 valence electrons. The topological polar surface area (TPSA) is 66.6 Å². The summed E-state index contributed by atoms with van der Waals surface area (Å²) in [7, 11) is 0. The second-order valence-electron chi connectivity index (χ2n) is 6.31. The van der Waals surface area contributed by atoms with Gasteiger partial charge >= 0.3 is 5.97 Å². The molecule has 1 aromatic carbocycles. The molecule has 0 bridgehead atoms. The fraction of sp³-hybridized carbons (Fsp3) is 0.444. The molecule has 0 amide bonds. The first-order chi connectivity index (χ1) is 11.0. The maximum Gasteiger partial charge on any atom is 0.335 e. The van der Waals surface area contributed by atoms with Crippen molar-refractivity contribution in [2.75, 3.05) is 13.1 Å². The Balaban J connectivity index is 1.73. The lowest BCUT2D eigenvalue weighted by molar-refractivity contribution is 0.0696. The van der Waals surface area contributed by atoms with Gasteiger partial charge in [-0.15, -0.1) is 0 Å². The predicted octanol–water partition coefficient (Wildman–Crippen LogP) is 3.37. The Morgan fingerprint density at radius 3 is 2.96 bits per heavy atom. The summed E-state index contributed by atoms with van der Waals surface area (Å²) in [6, 6.07) is 7.34. The van der Waals surface area contributed by atoms with Gasteiger partial charge in [-0.2, -0.15) is 0 Å². The van der Waals surface area contributed by atoms with Gasteiger partial charge in [0.2, 0.25) is 0 Å². The molecule has 1 fully saturated rings. The van der Waals surface area contributed by atoms with E-state index in [9.17, 15) is 4.79 Å². The highest BCUT2D eigenvalue weighted by atomic mass is 16.5. The first-order valence-electron chi connectivity index (χ1n) is 8.02. The molecule has 1 aliphatic rings. The number of hydrogen-bond acceptors (Lipinski definition) is 4. The molecule has 0 saturated carbocycles. The highest BCUT2D eigenvalue weighted by Gasteiger charge is 2.23. The van der Waals surface area contributed by atoms with Crippen LogP contribution in [-0.4, -0.2) is 34.2 Å². The number of rotatable bonds is 4. The van der Waals surface area contributed by atoms with Crippen LogP contribution in [0.5, 0.6) is 0 Å². The maximum atomic E-state index is 11.2. The average molecular weight is 314 g/mol. The smallest absolute Gasteiger partial charge is 0.335 e. The standard InChI is InChI=1S/C18H22N2O3/c1-12-17(13(2)23-19-12)11-20-8-4-7-16(10-20)14-5-3-6-15(9-14)18(21)22/h3,5-6,9,16H,4,7-8,10-11H2,1-2H3,(H,21,22)/t16-/m0/s1. The highest BCUT2D eigenvalue weighted by Crippen LogP contribution is 2.29. The molecule has 23 heavy (non-hydrogen) atoms. The Morgan fingerprint density at radius 2 is 2.26 bits per heavy atom. The molecule has 1 atom stereocenters. The fourth-order valence-electron chi connectivity index (χ4n) is 3.35. The van der Waals surface area contributed by atoms with Crippen molar-refractivity contribution in [3.63, 3.8) is 0 Å². The number of aryl methyl sites for hydroxylation is 2. The number of carboxylic acids is 1. The summed E-state index contributed by atoms with van der Waals surface area (Å²) in [5.74, 6) is 0.399. The van der Waals surface area contributed by atoms with Gasteiger partial charge in [-0.1, -0.05) is 17.3 Å². The molecular weight excluding hydrogens is 292 g/mol. The Labute approximate surface area is 135 Å². The van der Waals surface area contributed by atoms with Crippen LogP contribution in [0.4, 0.5) is 0 Å². The van der Waals surface area contributed by atoms with Crippen LogP contribution in [0, 0.1) is 13.8 Å². The average Bonchev–Trinajstić information content (AvgIpc) is 2.87. The molecule has 0 radical (unpaired) electrons. The van der Waals surface area contributed by atoms with Crippen molar-refractivity contribution < 1.29 is 14.4 Å². The molecular formula is C18H22N2O3. The first kappa shape index (κ1) is 15.7. The molecule has 1 aliphatic heterocycles. The largest absolute Gasteiger partial charge is 0.478 e. The lowest BCUT2D eigenvalue weighted by Crippen LogP contribution is -2.34. The van der Waals surface area contributed by atoms with Crippen LogP contribution in [0.2, 0.25) is 0 Å². The van der Waals surface area contributed by atoms with Crippen molar-refractivity contribution >= 4 is 5.97 Å². The molecule has 1 aromatic heterocycles. The van der Waals surface area contributed by atoms with Gasteiger partial charge in [-0.3, -0.25) is 4.90 Å². The van der Waals surface area contributed by atoms with Crippen LogP contribution in [-0.2, 0) is 6.54 Å². The van der Waals surface area contributed by atoms with E-state index in [1.54, 1.807) is 6.07 Å². The van der Waals surface area contributed by atoms with Gasteiger partial charge in [-0.25, -0.2) is 4.79 Å². The maximum absolute atomic E-state index is 11.2.